The number of fused-ring (bicyclic) bond motifs is 1. The van der Waals surface area contributed by atoms with E-state index in [1.807, 2.05) is 52.1 Å². The highest BCUT2D eigenvalue weighted by atomic mass is 32.2. The predicted molar refractivity (Wildman–Crippen MR) is 103 cm³/mol. The average molecular weight is 373 g/mol. The molecule has 0 fully saturated rings. The number of anilines is 1. The van der Waals surface area contributed by atoms with Crippen molar-refractivity contribution in [3.05, 3.63) is 45.7 Å². The number of nitrogens with zero attached hydrogens (tertiary/aromatic N) is 2. The minimum atomic E-state index is -0.374. The van der Waals surface area contributed by atoms with Gasteiger partial charge >= 0.3 is 0 Å². The molecule has 1 amide bonds. The maximum atomic E-state index is 12.8. The highest BCUT2D eigenvalue weighted by Gasteiger charge is 2.33. The molecule has 1 aromatic carbocycles. The summed E-state index contributed by atoms with van der Waals surface area (Å²) in [6.07, 6.45) is 0.195. The van der Waals surface area contributed by atoms with Gasteiger partial charge in [-0.05, 0) is 25.7 Å². The van der Waals surface area contributed by atoms with E-state index in [1.165, 1.54) is 11.8 Å². The van der Waals surface area contributed by atoms with E-state index in [9.17, 15) is 9.59 Å². The maximum absolute atomic E-state index is 12.8. The lowest BCUT2D eigenvalue weighted by Gasteiger charge is -2.28. The summed E-state index contributed by atoms with van der Waals surface area (Å²) >= 11 is 1.47. The summed E-state index contributed by atoms with van der Waals surface area (Å²) in [5, 5.41) is 3.46. The maximum Gasteiger partial charge on any atom is 0.279 e. The van der Waals surface area contributed by atoms with E-state index in [-0.39, 0.29) is 29.9 Å². The molecule has 7 heteroatoms. The Morgan fingerprint density at radius 3 is 2.77 bits per heavy atom. The van der Waals surface area contributed by atoms with E-state index in [4.69, 9.17) is 4.74 Å². The number of ether oxygens (including phenoxy) is 1. The zero-order valence-corrected chi connectivity index (χ0v) is 16.2. The third kappa shape index (κ3) is 3.49. The average Bonchev–Trinajstić information content (AvgIpc) is 2.59. The summed E-state index contributed by atoms with van der Waals surface area (Å²) < 4.78 is 7.71. The Kier molecular flexibility index (Phi) is 5.36. The fourth-order valence-corrected chi connectivity index (χ4v) is 3.88. The number of para-hydroxylation sites is 1. The van der Waals surface area contributed by atoms with Gasteiger partial charge in [0.15, 0.2) is 5.16 Å². The summed E-state index contributed by atoms with van der Waals surface area (Å²) in [5.74, 6) is 1.53. The molecule has 0 spiro atoms. The van der Waals surface area contributed by atoms with Crippen molar-refractivity contribution in [2.24, 2.45) is 7.05 Å². The SMILES string of the molecule is CCSc1nc(=O)c2c(n1C)NC(=O)C[C@H]2c1ccccc1OC(C)C. The Morgan fingerprint density at radius 1 is 1.35 bits per heavy atom. The molecular weight excluding hydrogens is 350 g/mol. The largest absolute Gasteiger partial charge is 0.491 e. The Hall–Kier alpha value is -2.28. The van der Waals surface area contributed by atoms with Crippen LogP contribution < -0.4 is 15.6 Å². The lowest BCUT2D eigenvalue weighted by atomic mass is 9.86. The molecule has 3 rings (SSSR count). The Labute approximate surface area is 157 Å². The minimum absolute atomic E-state index is 0.00248. The lowest BCUT2D eigenvalue weighted by molar-refractivity contribution is -0.116. The highest BCUT2D eigenvalue weighted by molar-refractivity contribution is 7.99. The first-order valence-corrected chi connectivity index (χ1v) is 9.70. The van der Waals surface area contributed by atoms with Gasteiger partial charge in [0.2, 0.25) is 5.91 Å². The van der Waals surface area contributed by atoms with Crippen LogP contribution in [-0.2, 0) is 11.8 Å². The zero-order valence-electron chi connectivity index (χ0n) is 15.4. The van der Waals surface area contributed by atoms with Crippen LogP contribution in [0.3, 0.4) is 0 Å². The first-order valence-electron chi connectivity index (χ1n) is 8.71. The Balaban J connectivity index is 2.18. The van der Waals surface area contributed by atoms with Gasteiger partial charge in [0.25, 0.3) is 5.56 Å². The zero-order chi connectivity index (χ0) is 18.8. The first-order chi connectivity index (χ1) is 12.4. The van der Waals surface area contributed by atoms with Gasteiger partial charge in [-0.25, -0.2) is 0 Å². The van der Waals surface area contributed by atoms with Crippen LogP contribution >= 0.6 is 11.8 Å². The fraction of sp³-hybridized carbons (Fsp3) is 0.421. The Bertz CT molecular complexity index is 892. The molecule has 1 aliphatic rings. The number of benzene rings is 1. The summed E-state index contributed by atoms with van der Waals surface area (Å²) in [6, 6.07) is 7.58. The lowest BCUT2D eigenvalue weighted by Crippen LogP contribution is -2.33. The second-order valence-electron chi connectivity index (χ2n) is 6.46. The molecule has 2 heterocycles. The highest BCUT2D eigenvalue weighted by Crippen LogP contribution is 2.39. The van der Waals surface area contributed by atoms with Crippen molar-refractivity contribution in [2.45, 2.75) is 44.4 Å². The van der Waals surface area contributed by atoms with Crippen LogP contribution in [0, 0.1) is 0 Å². The number of carbonyl (C=O) groups is 1. The summed E-state index contributed by atoms with van der Waals surface area (Å²) in [5.41, 5.74) is 1.07. The molecule has 26 heavy (non-hydrogen) atoms. The van der Waals surface area contributed by atoms with Crippen LogP contribution in [0.5, 0.6) is 5.75 Å². The molecule has 0 saturated heterocycles. The molecule has 0 saturated carbocycles. The van der Waals surface area contributed by atoms with Crippen LogP contribution in [0.1, 0.15) is 44.2 Å². The number of aromatic nitrogens is 2. The number of nitrogens with one attached hydrogen (secondary N) is 1. The summed E-state index contributed by atoms with van der Waals surface area (Å²) in [4.78, 5) is 29.4. The molecule has 0 bridgehead atoms. The molecule has 1 atom stereocenters. The molecule has 138 valence electrons. The number of amides is 1. The minimum Gasteiger partial charge on any atom is -0.491 e. The second-order valence-corrected chi connectivity index (χ2v) is 7.69. The van der Waals surface area contributed by atoms with Crippen molar-refractivity contribution < 1.29 is 9.53 Å². The molecule has 0 radical (unpaired) electrons. The monoisotopic (exact) mass is 373 g/mol. The van der Waals surface area contributed by atoms with Crippen molar-refractivity contribution in [1.29, 1.82) is 0 Å². The number of rotatable bonds is 5. The molecule has 0 unspecified atom stereocenters. The fourth-order valence-electron chi connectivity index (χ4n) is 3.19. The molecule has 1 aliphatic heterocycles. The number of thioether (sulfide) groups is 1. The summed E-state index contributed by atoms with van der Waals surface area (Å²) in [6.45, 7) is 5.90. The molecular formula is C19H23N3O3S. The molecule has 2 aromatic rings. The third-order valence-corrected chi connectivity index (χ3v) is 5.14. The number of hydrogen-bond donors (Lipinski definition) is 1. The van der Waals surface area contributed by atoms with Crippen molar-refractivity contribution in [3.8, 4) is 5.75 Å². The van der Waals surface area contributed by atoms with Crippen molar-refractivity contribution in [3.63, 3.8) is 0 Å². The molecule has 0 aliphatic carbocycles. The molecule has 1 N–H and O–H groups in total. The van der Waals surface area contributed by atoms with Crippen LogP contribution in [0.4, 0.5) is 5.82 Å². The topological polar surface area (TPSA) is 73.2 Å². The van der Waals surface area contributed by atoms with Gasteiger partial charge in [-0.2, -0.15) is 4.98 Å². The van der Waals surface area contributed by atoms with Crippen LogP contribution in [0.25, 0.3) is 0 Å². The quantitative estimate of drug-likeness (QED) is 0.644. The van der Waals surface area contributed by atoms with E-state index in [2.05, 4.69) is 10.3 Å². The van der Waals surface area contributed by atoms with Gasteiger partial charge in [0.05, 0.1) is 11.7 Å². The van der Waals surface area contributed by atoms with Crippen molar-refractivity contribution >= 4 is 23.5 Å². The van der Waals surface area contributed by atoms with Crippen LogP contribution in [-0.4, -0.2) is 27.3 Å². The van der Waals surface area contributed by atoms with Gasteiger partial charge < -0.3 is 14.6 Å². The van der Waals surface area contributed by atoms with Gasteiger partial charge in [-0.1, -0.05) is 36.9 Å². The smallest absolute Gasteiger partial charge is 0.279 e. The van der Waals surface area contributed by atoms with Gasteiger partial charge in [0.1, 0.15) is 11.6 Å². The second kappa shape index (κ2) is 7.53. The molecule has 6 nitrogen and oxygen atoms in total. The van der Waals surface area contributed by atoms with Gasteiger partial charge in [0, 0.05) is 24.9 Å². The van der Waals surface area contributed by atoms with E-state index < -0.39 is 0 Å². The van der Waals surface area contributed by atoms with Crippen LogP contribution in [0.15, 0.2) is 34.2 Å². The Morgan fingerprint density at radius 2 is 2.08 bits per heavy atom. The van der Waals surface area contributed by atoms with E-state index in [1.54, 1.807) is 4.57 Å². The van der Waals surface area contributed by atoms with Gasteiger partial charge in [-0.3, -0.25) is 9.59 Å². The van der Waals surface area contributed by atoms with E-state index in [0.717, 1.165) is 11.3 Å². The number of carbonyl (C=O) groups excluding carboxylic acids is 1. The van der Waals surface area contributed by atoms with Gasteiger partial charge in [-0.15, -0.1) is 0 Å². The predicted octanol–water partition coefficient (Wildman–Crippen LogP) is 3.15. The molecule has 1 aromatic heterocycles. The van der Waals surface area contributed by atoms with Crippen LogP contribution in [0.2, 0.25) is 0 Å². The van der Waals surface area contributed by atoms with Crippen molar-refractivity contribution in [2.75, 3.05) is 11.1 Å². The van der Waals surface area contributed by atoms with E-state index >= 15 is 0 Å². The first kappa shape index (κ1) is 18.5. The number of hydrogen-bond acceptors (Lipinski definition) is 5. The normalized spacial score (nSPS) is 16.3. The van der Waals surface area contributed by atoms with Crippen molar-refractivity contribution in [1.82, 2.24) is 9.55 Å². The standard InChI is InChI=1S/C19H23N3O3S/c1-5-26-19-21-18(24)16-13(10-15(23)20-17(16)22(19)4)12-8-6-7-9-14(12)25-11(2)3/h6-9,11,13H,5,10H2,1-4H3,(H,20,23)/t13-/m0/s1. The summed E-state index contributed by atoms with van der Waals surface area (Å²) in [7, 11) is 1.82. The van der Waals surface area contributed by atoms with E-state index in [0.29, 0.717) is 22.3 Å². The third-order valence-electron chi connectivity index (χ3n) is 4.23.